The van der Waals surface area contributed by atoms with Crippen molar-refractivity contribution in [2.45, 2.75) is 0 Å². The third-order valence-electron chi connectivity index (χ3n) is 1.55. The fourth-order valence-electron chi connectivity index (χ4n) is 0.958. The Hall–Kier alpha value is -2.06. The van der Waals surface area contributed by atoms with Gasteiger partial charge in [-0.05, 0) is 11.6 Å². The molecule has 1 rings (SSSR count). The second-order valence-electron chi connectivity index (χ2n) is 2.20. The maximum Gasteiger partial charge on any atom is 0.101 e. The van der Waals surface area contributed by atoms with E-state index in [9.17, 15) is 0 Å². The van der Waals surface area contributed by atoms with Gasteiger partial charge in [0, 0.05) is 0 Å². The second kappa shape index (κ2) is 3.37. The number of nitriles is 2. The van der Waals surface area contributed by atoms with E-state index in [-0.39, 0.29) is 0 Å². The van der Waals surface area contributed by atoms with Crippen molar-refractivity contribution in [3.63, 3.8) is 0 Å². The SMILES string of the molecule is C=Cc1cccc(C#N)c1C#N. The first-order valence-corrected chi connectivity index (χ1v) is 3.39. The highest BCUT2D eigenvalue weighted by molar-refractivity contribution is 5.61. The molecule has 0 aliphatic carbocycles. The minimum Gasteiger partial charge on any atom is -0.192 e. The van der Waals surface area contributed by atoms with Crippen LogP contribution in [0.15, 0.2) is 24.8 Å². The Morgan fingerprint density at radius 3 is 2.50 bits per heavy atom. The molecule has 0 aromatic heterocycles. The molecule has 12 heavy (non-hydrogen) atoms. The molecular weight excluding hydrogens is 148 g/mol. The molecule has 1 aromatic rings. The van der Waals surface area contributed by atoms with Crippen LogP contribution in [0, 0.1) is 22.7 Å². The molecule has 1 aromatic carbocycles. The number of nitrogens with zero attached hydrogens (tertiary/aromatic N) is 2. The third kappa shape index (κ3) is 1.19. The smallest absolute Gasteiger partial charge is 0.101 e. The zero-order chi connectivity index (χ0) is 8.97. The highest BCUT2D eigenvalue weighted by Crippen LogP contribution is 2.13. The van der Waals surface area contributed by atoms with Crippen molar-refractivity contribution in [3.8, 4) is 12.1 Å². The zero-order valence-corrected chi connectivity index (χ0v) is 6.41. The summed E-state index contributed by atoms with van der Waals surface area (Å²) < 4.78 is 0. The lowest BCUT2D eigenvalue weighted by Gasteiger charge is -1.97. The van der Waals surface area contributed by atoms with Crippen LogP contribution in [-0.2, 0) is 0 Å². The van der Waals surface area contributed by atoms with E-state index in [1.165, 1.54) is 0 Å². The third-order valence-corrected chi connectivity index (χ3v) is 1.55. The van der Waals surface area contributed by atoms with Gasteiger partial charge in [-0.3, -0.25) is 0 Å². The first kappa shape index (κ1) is 8.04. The predicted octanol–water partition coefficient (Wildman–Crippen LogP) is 2.07. The zero-order valence-electron chi connectivity index (χ0n) is 6.41. The van der Waals surface area contributed by atoms with Gasteiger partial charge < -0.3 is 0 Å². The summed E-state index contributed by atoms with van der Waals surface area (Å²) in [4.78, 5) is 0. The molecule has 0 bridgehead atoms. The monoisotopic (exact) mass is 154 g/mol. The van der Waals surface area contributed by atoms with Gasteiger partial charge in [-0.25, -0.2) is 0 Å². The van der Waals surface area contributed by atoms with Crippen molar-refractivity contribution in [1.29, 1.82) is 10.5 Å². The van der Waals surface area contributed by atoms with Gasteiger partial charge in [0.2, 0.25) is 0 Å². The van der Waals surface area contributed by atoms with Gasteiger partial charge >= 0.3 is 0 Å². The molecule has 2 nitrogen and oxygen atoms in total. The number of benzene rings is 1. The van der Waals surface area contributed by atoms with Crippen LogP contribution in [-0.4, -0.2) is 0 Å². The summed E-state index contributed by atoms with van der Waals surface area (Å²) in [5.41, 5.74) is 1.50. The van der Waals surface area contributed by atoms with Gasteiger partial charge in [0.15, 0.2) is 0 Å². The van der Waals surface area contributed by atoms with Crippen molar-refractivity contribution in [1.82, 2.24) is 0 Å². The molecule has 0 unspecified atom stereocenters. The highest BCUT2D eigenvalue weighted by Gasteiger charge is 2.03. The fourth-order valence-corrected chi connectivity index (χ4v) is 0.958. The maximum atomic E-state index is 8.71. The van der Waals surface area contributed by atoms with Crippen LogP contribution >= 0.6 is 0 Å². The van der Waals surface area contributed by atoms with Crippen LogP contribution in [0.3, 0.4) is 0 Å². The van der Waals surface area contributed by atoms with Gasteiger partial charge in [0.25, 0.3) is 0 Å². The van der Waals surface area contributed by atoms with Crippen LogP contribution < -0.4 is 0 Å². The Morgan fingerprint density at radius 2 is 2.00 bits per heavy atom. The van der Waals surface area contributed by atoms with E-state index in [4.69, 9.17) is 10.5 Å². The molecule has 0 aliphatic heterocycles. The summed E-state index contributed by atoms with van der Waals surface area (Å²) in [5.74, 6) is 0. The summed E-state index contributed by atoms with van der Waals surface area (Å²) in [6.45, 7) is 3.55. The van der Waals surface area contributed by atoms with Gasteiger partial charge in [-0.1, -0.05) is 24.8 Å². The molecule has 0 aliphatic rings. The Balaban J connectivity index is 3.47. The highest BCUT2D eigenvalue weighted by atomic mass is 14.3. The summed E-state index contributed by atoms with van der Waals surface area (Å²) in [6.07, 6.45) is 1.57. The molecule has 0 N–H and O–H groups in total. The van der Waals surface area contributed by atoms with E-state index in [1.807, 2.05) is 12.1 Å². The van der Waals surface area contributed by atoms with Crippen LogP contribution in [0.1, 0.15) is 16.7 Å². The molecule has 0 saturated heterocycles. The predicted molar refractivity (Wildman–Crippen MR) is 46.0 cm³/mol. The summed E-state index contributed by atoms with van der Waals surface area (Å²) in [6, 6.07) is 9.03. The average molecular weight is 154 g/mol. The Labute approximate surface area is 71.0 Å². The minimum absolute atomic E-state index is 0.398. The Bertz CT molecular complexity index is 391. The van der Waals surface area contributed by atoms with E-state index in [2.05, 4.69) is 6.58 Å². The molecule has 0 heterocycles. The first-order chi connectivity index (χ1) is 5.83. The lowest BCUT2D eigenvalue weighted by atomic mass is 10.0. The number of hydrogen-bond acceptors (Lipinski definition) is 2. The molecule has 2 heteroatoms. The molecule has 56 valence electrons. The summed E-state index contributed by atoms with van der Waals surface area (Å²) in [7, 11) is 0. The van der Waals surface area contributed by atoms with Crippen LogP contribution in [0.25, 0.3) is 6.08 Å². The Morgan fingerprint density at radius 1 is 1.25 bits per heavy atom. The molecule has 0 amide bonds. The van der Waals surface area contributed by atoms with Crippen LogP contribution in [0.5, 0.6) is 0 Å². The number of hydrogen-bond donors (Lipinski definition) is 0. The van der Waals surface area contributed by atoms with E-state index >= 15 is 0 Å². The lowest BCUT2D eigenvalue weighted by molar-refractivity contribution is 1.42. The molecule has 0 saturated carbocycles. The van der Waals surface area contributed by atoms with Gasteiger partial charge in [-0.15, -0.1) is 0 Å². The van der Waals surface area contributed by atoms with E-state index < -0.39 is 0 Å². The van der Waals surface area contributed by atoms with Crippen molar-refractivity contribution in [2.24, 2.45) is 0 Å². The van der Waals surface area contributed by atoms with Crippen molar-refractivity contribution < 1.29 is 0 Å². The summed E-state index contributed by atoms with van der Waals surface area (Å²) >= 11 is 0. The van der Waals surface area contributed by atoms with Crippen LogP contribution in [0.4, 0.5) is 0 Å². The number of rotatable bonds is 1. The van der Waals surface area contributed by atoms with E-state index in [1.54, 1.807) is 24.3 Å². The molecule has 0 radical (unpaired) electrons. The maximum absolute atomic E-state index is 8.71. The minimum atomic E-state index is 0.398. The van der Waals surface area contributed by atoms with Crippen molar-refractivity contribution in [3.05, 3.63) is 41.5 Å². The first-order valence-electron chi connectivity index (χ1n) is 3.39. The van der Waals surface area contributed by atoms with E-state index in [0.717, 1.165) is 0 Å². The fraction of sp³-hybridized carbons (Fsp3) is 0. The van der Waals surface area contributed by atoms with Gasteiger partial charge in [0.05, 0.1) is 11.1 Å². The lowest BCUT2D eigenvalue weighted by Crippen LogP contribution is -1.86. The van der Waals surface area contributed by atoms with Crippen molar-refractivity contribution >= 4 is 6.08 Å². The van der Waals surface area contributed by atoms with Gasteiger partial charge in [-0.2, -0.15) is 10.5 Å². The molecule has 0 fully saturated rings. The van der Waals surface area contributed by atoms with Gasteiger partial charge in [0.1, 0.15) is 12.1 Å². The van der Waals surface area contributed by atoms with Crippen molar-refractivity contribution in [2.75, 3.05) is 0 Å². The molecule has 0 spiro atoms. The molecule has 0 atom stereocenters. The molecular formula is C10H6N2. The average Bonchev–Trinajstić information content (AvgIpc) is 2.16. The summed E-state index contributed by atoms with van der Waals surface area (Å²) in [5, 5.41) is 17.3. The topological polar surface area (TPSA) is 47.6 Å². The standard InChI is InChI=1S/C10H6N2/c1-2-8-4-3-5-9(6-11)10(8)7-12/h2-5H,1H2. The largest absolute Gasteiger partial charge is 0.192 e. The van der Waals surface area contributed by atoms with Crippen LogP contribution in [0.2, 0.25) is 0 Å². The normalized spacial score (nSPS) is 8.17. The Kier molecular flexibility index (Phi) is 2.26. The van der Waals surface area contributed by atoms with E-state index in [0.29, 0.717) is 16.7 Å². The quantitative estimate of drug-likeness (QED) is 0.621. The second-order valence-corrected chi connectivity index (χ2v) is 2.20.